The first-order valence-corrected chi connectivity index (χ1v) is 28.0. The number of ether oxygens (including phenoxy) is 6. The van der Waals surface area contributed by atoms with Gasteiger partial charge in [-0.1, -0.05) is 7.43 Å². The van der Waals surface area contributed by atoms with Gasteiger partial charge in [-0.2, -0.15) is 51.2 Å². The van der Waals surface area contributed by atoms with Crippen molar-refractivity contribution >= 4 is 62.0 Å². The van der Waals surface area contributed by atoms with Crippen molar-refractivity contribution in [1.29, 1.82) is 0 Å². The molecular formula is C49H50F8O18S4. The average molecular weight is 1210 g/mol. The molecule has 0 aliphatic rings. The SMILES string of the molecule is C.COCC(C)OS(=O)(=O)c1ccc2c(Oc3c(F)c(F)c(-c4c(F)c(F)c(Oc5cc(S(=O)(=O)OC(C)COC)cc6cc(S(=O)(=O)OC(C)COC)ccc56)c(F)c4F)c(F)c3F)cc(S(=O)(=O)OC(C)COC)cc2c1. The molecule has 4 atom stereocenters. The van der Waals surface area contributed by atoms with Crippen molar-refractivity contribution in [2.24, 2.45) is 0 Å². The summed E-state index contributed by atoms with van der Waals surface area (Å²) in [7, 11) is -14.3. The van der Waals surface area contributed by atoms with Crippen LogP contribution in [0, 0.1) is 46.5 Å². The van der Waals surface area contributed by atoms with Crippen molar-refractivity contribution in [3.8, 4) is 34.1 Å². The van der Waals surface area contributed by atoms with Crippen LogP contribution in [0.25, 0.3) is 32.7 Å². The molecule has 0 bridgehead atoms. The fraction of sp³-hybridized carbons (Fsp3) is 0.347. The third-order valence-electron chi connectivity index (χ3n) is 10.8. The van der Waals surface area contributed by atoms with Crippen LogP contribution >= 0.6 is 0 Å². The fourth-order valence-electron chi connectivity index (χ4n) is 7.54. The fourth-order valence-corrected chi connectivity index (χ4v) is 12.0. The van der Waals surface area contributed by atoms with Crippen molar-refractivity contribution in [2.45, 2.75) is 79.1 Å². The first-order chi connectivity index (χ1) is 36.4. The second-order valence-corrected chi connectivity index (χ2v) is 23.3. The van der Waals surface area contributed by atoms with Crippen molar-refractivity contribution < 1.29 is 114 Å². The molecule has 0 spiro atoms. The highest BCUT2D eigenvalue weighted by Crippen LogP contribution is 2.46. The zero-order valence-electron chi connectivity index (χ0n) is 41.9. The van der Waals surface area contributed by atoms with Gasteiger partial charge in [-0.25, -0.2) is 17.6 Å². The van der Waals surface area contributed by atoms with Gasteiger partial charge in [0, 0.05) is 51.3 Å². The molecule has 0 saturated carbocycles. The van der Waals surface area contributed by atoms with E-state index >= 15 is 35.1 Å². The second-order valence-electron chi connectivity index (χ2n) is 17.0. The molecular weight excluding hydrogens is 1160 g/mol. The maximum atomic E-state index is 16.2. The van der Waals surface area contributed by atoms with Crippen LogP contribution < -0.4 is 9.47 Å². The summed E-state index contributed by atoms with van der Waals surface area (Å²) in [6.45, 7) is 4.22. The largest absolute Gasteiger partial charge is 0.450 e. The Labute approximate surface area is 449 Å². The highest BCUT2D eigenvalue weighted by Gasteiger charge is 2.37. The molecule has 0 saturated heterocycles. The standard InChI is InChI=1S/C48H46F8O18S4.CH4/c1-23(19-65-5)71-75(57,58)29-9-11-33-27(13-29)15-31(77(61,62)73-25(3)21-67-7)17-35(33)69-47-43(53)39(49)37(40(50)44(47)54)38-41(51)45(55)48(46(56)42(38)52)70-36-18-32(78(63,64)74-26(4)22-68-8)16-28-14-30(10-12-34(28)36)76(59,60)72-24(2)20-66-6;/h9-18,23-26H,19-22H2,1-8H3;1H4. The summed E-state index contributed by atoms with van der Waals surface area (Å²) in [4.78, 5) is -3.01. The third-order valence-corrected chi connectivity index (χ3v) is 16.4. The van der Waals surface area contributed by atoms with Gasteiger partial charge in [0.25, 0.3) is 40.5 Å². The van der Waals surface area contributed by atoms with Crippen molar-refractivity contribution in [3.63, 3.8) is 0 Å². The van der Waals surface area contributed by atoms with E-state index in [1.807, 2.05) is 0 Å². The Hall–Kier alpha value is -5.64. The Morgan fingerprint density at radius 2 is 0.608 bits per heavy atom. The molecule has 0 N–H and O–H groups in total. The second kappa shape index (κ2) is 25.4. The Balaban J connectivity index is 0.0000115. The molecule has 6 aromatic rings. The Morgan fingerprint density at radius 1 is 0.367 bits per heavy atom. The first kappa shape index (κ1) is 64.2. The van der Waals surface area contributed by atoms with Crippen LogP contribution in [0.4, 0.5) is 35.1 Å². The van der Waals surface area contributed by atoms with Gasteiger partial charge in [-0.3, -0.25) is 16.7 Å². The van der Waals surface area contributed by atoms with Gasteiger partial charge < -0.3 is 28.4 Å². The Morgan fingerprint density at radius 3 is 0.861 bits per heavy atom. The van der Waals surface area contributed by atoms with Gasteiger partial charge in [0.15, 0.2) is 23.3 Å². The Bertz CT molecular complexity index is 3430. The molecule has 6 aromatic carbocycles. The monoisotopic (exact) mass is 1210 g/mol. The molecule has 0 aliphatic heterocycles. The number of fused-ring (bicyclic) bond motifs is 2. The maximum Gasteiger partial charge on any atom is 0.297 e. The molecule has 30 heteroatoms. The maximum absolute atomic E-state index is 16.2. The third kappa shape index (κ3) is 13.9. The van der Waals surface area contributed by atoms with Gasteiger partial charge in [-0.05, 0) is 87.0 Å². The summed E-state index contributed by atoms with van der Waals surface area (Å²) >= 11 is 0. The summed E-state index contributed by atoms with van der Waals surface area (Å²) in [6, 6.07) is 8.02. The molecule has 0 aliphatic carbocycles. The number of methoxy groups -OCH3 is 4. The lowest BCUT2D eigenvalue weighted by atomic mass is 10.0. The van der Waals surface area contributed by atoms with Gasteiger partial charge in [0.1, 0.15) is 11.5 Å². The van der Waals surface area contributed by atoms with Gasteiger partial charge in [0.05, 0.1) is 81.6 Å². The summed E-state index contributed by atoms with van der Waals surface area (Å²) < 4.78 is 286. The lowest BCUT2D eigenvalue weighted by Gasteiger charge is -2.19. The van der Waals surface area contributed by atoms with E-state index in [2.05, 4.69) is 0 Å². The molecule has 79 heavy (non-hydrogen) atoms. The summed E-state index contributed by atoms with van der Waals surface area (Å²) in [5, 5.41) is -1.56. The van der Waals surface area contributed by atoms with E-state index in [1.54, 1.807) is 0 Å². The van der Waals surface area contributed by atoms with E-state index < -0.39 is 176 Å². The first-order valence-electron chi connectivity index (χ1n) is 22.4. The number of benzene rings is 6. The quantitative estimate of drug-likeness (QED) is 0.0295. The van der Waals surface area contributed by atoms with Crippen molar-refractivity contribution in [3.05, 3.63) is 107 Å². The average Bonchev–Trinajstić information content (AvgIpc) is 3.39. The lowest BCUT2D eigenvalue weighted by molar-refractivity contribution is 0.0960. The van der Waals surface area contributed by atoms with E-state index in [-0.39, 0.29) is 44.6 Å². The van der Waals surface area contributed by atoms with Crippen LogP contribution in [-0.2, 0) is 76.2 Å². The number of rotatable bonds is 25. The normalized spacial score (nSPS) is 14.0. The van der Waals surface area contributed by atoms with Crippen LogP contribution in [0.2, 0.25) is 0 Å². The smallest absolute Gasteiger partial charge is 0.297 e. The summed E-state index contributed by atoms with van der Waals surface area (Å²) in [5.41, 5.74) is -4.79. The highest BCUT2D eigenvalue weighted by atomic mass is 32.2. The minimum absolute atomic E-state index is 0. The molecule has 6 rings (SSSR count). The molecule has 434 valence electrons. The zero-order valence-corrected chi connectivity index (χ0v) is 45.2. The molecule has 0 radical (unpaired) electrons. The molecule has 0 aromatic heterocycles. The van der Waals surface area contributed by atoms with Crippen LogP contribution in [0.5, 0.6) is 23.0 Å². The predicted octanol–water partition coefficient (Wildman–Crippen LogP) is 9.95. The topological polar surface area (TPSA) is 229 Å². The van der Waals surface area contributed by atoms with Gasteiger partial charge >= 0.3 is 0 Å². The van der Waals surface area contributed by atoms with E-state index in [9.17, 15) is 33.7 Å². The zero-order chi connectivity index (χ0) is 58.0. The summed E-state index contributed by atoms with van der Waals surface area (Å²) in [5.74, 6) is -27.5. The van der Waals surface area contributed by atoms with E-state index in [4.69, 9.17) is 45.2 Å². The minimum Gasteiger partial charge on any atom is -0.450 e. The van der Waals surface area contributed by atoms with E-state index in [1.165, 1.54) is 56.1 Å². The van der Waals surface area contributed by atoms with Crippen LogP contribution in [0.15, 0.2) is 80.2 Å². The molecule has 0 fully saturated rings. The summed E-state index contributed by atoms with van der Waals surface area (Å²) in [6.07, 6.45) is -4.47. The number of hydrogen-bond acceptors (Lipinski definition) is 18. The molecule has 0 heterocycles. The number of hydrogen-bond donors (Lipinski definition) is 0. The molecule has 18 nitrogen and oxygen atoms in total. The van der Waals surface area contributed by atoms with Crippen molar-refractivity contribution in [1.82, 2.24) is 0 Å². The molecule has 0 amide bonds. The number of halogens is 8. The molecule has 4 unspecified atom stereocenters. The van der Waals surface area contributed by atoms with E-state index in [0.717, 1.165) is 48.5 Å². The van der Waals surface area contributed by atoms with Gasteiger partial charge in [-0.15, -0.1) is 0 Å². The van der Waals surface area contributed by atoms with E-state index in [0.29, 0.717) is 12.1 Å². The van der Waals surface area contributed by atoms with Crippen molar-refractivity contribution in [2.75, 3.05) is 54.9 Å². The van der Waals surface area contributed by atoms with Gasteiger partial charge in [0.2, 0.25) is 34.8 Å². The minimum atomic E-state index is -4.95. The Kier molecular flexibility index (Phi) is 20.7. The predicted molar refractivity (Wildman–Crippen MR) is 265 cm³/mol. The van der Waals surface area contributed by atoms with Crippen LogP contribution in [-0.4, -0.2) is 113 Å². The van der Waals surface area contributed by atoms with Crippen LogP contribution in [0.3, 0.4) is 0 Å². The highest BCUT2D eigenvalue weighted by molar-refractivity contribution is 7.87. The van der Waals surface area contributed by atoms with Crippen LogP contribution in [0.1, 0.15) is 35.1 Å². The lowest BCUT2D eigenvalue weighted by Crippen LogP contribution is -2.20.